The zero-order chi connectivity index (χ0) is 12.4. The molecule has 0 radical (unpaired) electrons. The predicted octanol–water partition coefficient (Wildman–Crippen LogP) is 3.07. The molecule has 4 nitrogen and oxygen atoms in total. The second-order valence-corrected chi connectivity index (χ2v) is 3.74. The number of benzene rings is 1. The van der Waals surface area contributed by atoms with Gasteiger partial charge in [-0.2, -0.15) is 0 Å². The smallest absolute Gasteiger partial charge is 0.358 e. The summed E-state index contributed by atoms with van der Waals surface area (Å²) >= 11 is 0. The SMILES string of the molecule is C=C(C)c1cccc(-c2cc(C(=O)O)no2)c1. The van der Waals surface area contributed by atoms with Gasteiger partial charge in [0.1, 0.15) is 0 Å². The molecule has 1 N–H and O–H groups in total. The molecule has 2 aromatic rings. The highest BCUT2D eigenvalue weighted by molar-refractivity contribution is 5.86. The third kappa shape index (κ3) is 2.25. The molecule has 0 aliphatic heterocycles. The van der Waals surface area contributed by atoms with Crippen molar-refractivity contribution in [3.63, 3.8) is 0 Å². The molecule has 86 valence electrons. The summed E-state index contributed by atoms with van der Waals surface area (Å²) in [5.41, 5.74) is 2.60. The molecule has 0 saturated carbocycles. The molecule has 2 rings (SSSR count). The molecule has 0 aliphatic rings. The van der Waals surface area contributed by atoms with Gasteiger partial charge in [0.2, 0.25) is 0 Å². The van der Waals surface area contributed by atoms with Gasteiger partial charge >= 0.3 is 5.97 Å². The Bertz CT molecular complexity index is 584. The quantitative estimate of drug-likeness (QED) is 0.878. The van der Waals surface area contributed by atoms with Crippen LogP contribution in [0.15, 0.2) is 41.4 Å². The van der Waals surface area contributed by atoms with Crippen molar-refractivity contribution < 1.29 is 14.4 Å². The summed E-state index contributed by atoms with van der Waals surface area (Å²) in [6.45, 7) is 5.76. The molecule has 0 unspecified atom stereocenters. The van der Waals surface area contributed by atoms with E-state index in [0.29, 0.717) is 5.76 Å². The van der Waals surface area contributed by atoms with Crippen molar-refractivity contribution in [3.05, 3.63) is 48.2 Å². The molecule has 0 atom stereocenters. The van der Waals surface area contributed by atoms with Crippen molar-refractivity contribution in [2.45, 2.75) is 6.92 Å². The van der Waals surface area contributed by atoms with Crippen LogP contribution >= 0.6 is 0 Å². The second kappa shape index (κ2) is 4.25. The van der Waals surface area contributed by atoms with Crippen LogP contribution in [-0.2, 0) is 0 Å². The van der Waals surface area contributed by atoms with Crippen molar-refractivity contribution in [2.24, 2.45) is 0 Å². The van der Waals surface area contributed by atoms with Gasteiger partial charge in [-0.05, 0) is 18.6 Å². The summed E-state index contributed by atoms with van der Waals surface area (Å²) in [4.78, 5) is 10.7. The Labute approximate surface area is 98.2 Å². The van der Waals surface area contributed by atoms with Crippen molar-refractivity contribution in [2.75, 3.05) is 0 Å². The number of aromatic carboxylic acids is 1. The molecule has 0 saturated heterocycles. The zero-order valence-electron chi connectivity index (χ0n) is 9.30. The van der Waals surface area contributed by atoms with Crippen molar-refractivity contribution in [1.82, 2.24) is 5.16 Å². The van der Waals surface area contributed by atoms with Crippen LogP contribution < -0.4 is 0 Å². The largest absolute Gasteiger partial charge is 0.476 e. The van der Waals surface area contributed by atoms with Gasteiger partial charge in [-0.3, -0.25) is 0 Å². The van der Waals surface area contributed by atoms with E-state index in [1.165, 1.54) is 6.07 Å². The average molecular weight is 229 g/mol. The number of rotatable bonds is 3. The summed E-state index contributed by atoms with van der Waals surface area (Å²) < 4.78 is 4.99. The minimum atomic E-state index is -1.10. The summed E-state index contributed by atoms with van der Waals surface area (Å²) in [7, 11) is 0. The van der Waals surface area contributed by atoms with E-state index in [9.17, 15) is 4.79 Å². The van der Waals surface area contributed by atoms with E-state index in [2.05, 4.69) is 11.7 Å². The van der Waals surface area contributed by atoms with Crippen LogP contribution in [0.2, 0.25) is 0 Å². The summed E-state index contributed by atoms with van der Waals surface area (Å²) in [5.74, 6) is -0.665. The minimum Gasteiger partial charge on any atom is -0.476 e. The first-order valence-corrected chi connectivity index (χ1v) is 5.04. The van der Waals surface area contributed by atoms with Crippen LogP contribution in [0.25, 0.3) is 16.9 Å². The molecule has 0 fully saturated rings. The third-order valence-corrected chi connectivity index (χ3v) is 2.37. The number of carboxylic acids is 1. The fourth-order valence-corrected chi connectivity index (χ4v) is 1.45. The van der Waals surface area contributed by atoms with Crippen LogP contribution in [0, 0.1) is 0 Å². The Morgan fingerprint density at radius 3 is 2.76 bits per heavy atom. The van der Waals surface area contributed by atoms with Crippen LogP contribution in [-0.4, -0.2) is 16.2 Å². The molecule has 0 spiro atoms. The summed E-state index contributed by atoms with van der Waals surface area (Å²) in [5, 5.41) is 12.2. The summed E-state index contributed by atoms with van der Waals surface area (Å²) in [6, 6.07) is 8.91. The zero-order valence-corrected chi connectivity index (χ0v) is 9.30. The number of nitrogens with zero attached hydrogens (tertiary/aromatic N) is 1. The molecular formula is C13H11NO3. The van der Waals surface area contributed by atoms with E-state index in [1.54, 1.807) is 0 Å². The number of hydrogen-bond donors (Lipinski definition) is 1. The van der Waals surface area contributed by atoms with Gasteiger partial charge < -0.3 is 9.63 Å². The van der Waals surface area contributed by atoms with E-state index in [-0.39, 0.29) is 5.69 Å². The fourth-order valence-electron chi connectivity index (χ4n) is 1.45. The van der Waals surface area contributed by atoms with E-state index in [1.807, 2.05) is 31.2 Å². The highest BCUT2D eigenvalue weighted by Gasteiger charge is 2.12. The lowest BCUT2D eigenvalue weighted by Crippen LogP contribution is -1.94. The lowest BCUT2D eigenvalue weighted by molar-refractivity contribution is 0.0686. The van der Waals surface area contributed by atoms with E-state index in [4.69, 9.17) is 9.63 Å². The molecule has 1 aromatic heterocycles. The van der Waals surface area contributed by atoms with Gasteiger partial charge in [-0.1, -0.05) is 35.5 Å². The maximum Gasteiger partial charge on any atom is 0.358 e. The normalized spacial score (nSPS) is 10.2. The standard InChI is InChI=1S/C13H11NO3/c1-8(2)9-4-3-5-10(6-9)12-7-11(13(15)16)14-17-12/h3-7H,1H2,2H3,(H,15,16). The van der Waals surface area contributed by atoms with Crippen molar-refractivity contribution in [1.29, 1.82) is 0 Å². The molecular weight excluding hydrogens is 218 g/mol. The fraction of sp³-hybridized carbons (Fsp3) is 0.0769. The first-order valence-electron chi connectivity index (χ1n) is 5.04. The van der Waals surface area contributed by atoms with Crippen LogP contribution in [0.5, 0.6) is 0 Å². The van der Waals surface area contributed by atoms with Gasteiger partial charge in [0.25, 0.3) is 0 Å². The molecule has 1 aromatic carbocycles. The van der Waals surface area contributed by atoms with Crippen molar-refractivity contribution >= 4 is 11.5 Å². The number of carbonyl (C=O) groups is 1. The van der Waals surface area contributed by atoms with Crippen LogP contribution in [0.1, 0.15) is 23.0 Å². The topological polar surface area (TPSA) is 63.3 Å². The van der Waals surface area contributed by atoms with Gasteiger partial charge in [0, 0.05) is 11.6 Å². The highest BCUT2D eigenvalue weighted by Crippen LogP contribution is 2.23. The monoisotopic (exact) mass is 229 g/mol. The maximum atomic E-state index is 10.7. The van der Waals surface area contributed by atoms with E-state index in [0.717, 1.165) is 16.7 Å². The van der Waals surface area contributed by atoms with Gasteiger partial charge in [-0.25, -0.2) is 4.79 Å². The molecule has 4 heteroatoms. The van der Waals surface area contributed by atoms with Gasteiger partial charge in [0.05, 0.1) is 0 Å². The second-order valence-electron chi connectivity index (χ2n) is 3.74. The molecule has 0 aliphatic carbocycles. The Morgan fingerprint density at radius 1 is 1.41 bits per heavy atom. The molecule has 1 heterocycles. The number of carboxylic acid groups (broad SMARTS) is 1. The lowest BCUT2D eigenvalue weighted by Gasteiger charge is -2.01. The Morgan fingerprint density at radius 2 is 2.18 bits per heavy atom. The molecule has 0 bridgehead atoms. The number of hydrogen-bond acceptors (Lipinski definition) is 3. The Hall–Kier alpha value is -2.36. The highest BCUT2D eigenvalue weighted by atomic mass is 16.5. The minimum absolute atomic E-state index is 0.0965. The first-order chi connectivity index (χ1) is 8.08. The predicted molar refractivity (Wildman–Crippen MR) is 63.6 cm³/mol. The first kappa shape index (κ1) is 11.1. The van der Waals surface area contributed by atoms with Crippen LogP contribution in [0.4, 0.5) is 0 Å². The van der Waals surface area contributed by atoms with Gasteiger partial charge in [0.15, 0.2) is 11.5 Å². The lowest BCUT2D eigenvalue weighted by atomic mass is 10.0. The van der Waals surface area contributed by atoms with Crippen molar-refractivity contribution in [3.8, 4) is 11.3 Å². The van der Waals surface area contributed by atoms with Crippen LogP contribution in [0.3, 0.4) is 0 Å². The third-order valence-electron chi connectivity index (χ3n) is 2.37. The Balaban J connectivity index is 2.42. The number of allylic oxidation sites excluding steroid dienone is 1. The summed E-state index contributed by atoms with van der Waals surface area (Å²) in [6.07, 6.45) is 0. The van der Waals surface area contributed by atoms with Gasteiger partial charge in [-0.15, -0.1) is 0 Å². The van der Waals surface area contributed by atoms with E-state index >= 15 is 0 Å². The molecule has 17 heavy (non-hydrogen) atoms. The number of aromatic nitrogens is 1. The average Bonchev–Trinajstić information content (AvgIpc) is 2.78. The molecule has 0 amide bonds. The maximum absolute atomic E-state index is 10.7. The van der Waals surface area contributed by atoms with E-state index < -0.39 is 5.97 Å². The Kier molecular flexibility index (Phi) is 2.78.